The highest BCUT2D eigenvalue weighted by atomic mass is 32.1. The lowest BCUT2D eigenvalue weighted by Gasteiger charge is -2.04. The number of hydrogen-bond acceptors (Lipinski definition) is 4. The van der Waals surface area contributed by atoms with Crippen LogP contribution in [0.5, 0.6) is 0 Å². The van der Waals surface area contributed by atoms with Crippen molar-refractivity contribution in [3.05, 3.63) is 47.0 Å². The molecule has 0 unspecified atom stereocenters. The fraction of sp³-hybridized carbons (Fsp3) is 0.154. The van der Waals surface area contributed by atoms with E-state index in [1.807, 2.05) is 12.1 Å². The molecule has 1 aromatic heterocycles. The predicted octanol–water partition coefficient (Wildman–Crippen LogP) is 2.03. The number of carbonyl (C=O) groups is 2. The number of benzene rings is 1. The monoisotopic (exact) mass is 275 g/mol. The Morgan fingerprint density at radius 3 is 2.58 bits per heavy atom. The molecule has 0 saturated heterocycles. The summed E-state index contributed by atoms with van der Waals surface area (Å²) in [4.78, 5) is 26.7. The van der Waals surface area contributed by atoms with Crippen LogP contribution in [0.2, 0.25) is 0 Å². The summed E-state index contributed by atoms with van der Waals surface area (Å²) in [5.74, 6) is -0.272. The molecule has 6 heteroatoms. The number of nitrogens with zero attached hydrogens (tertiary/aromatic N) is 1. The summed E-state index contributed by atoms with van der Waals surface area (Å²) in [5, 5.41) is 7.78. The Bertz CT molecular complexity index is 564. The van der Waals surface area contributed by atoms with Gasteiger partial charge in [0.1, 0.15) is 0 Å². The van der Waals surface area contributed by atoms with Crippen LogP contribution < -0.4 is 10.6 Å². The van der Waals surface area contributed by atoms with Gasteiger partial charge in [-0.25, -0.2) is 4.98 Å². The summed E-state index contributed by atoms with van der Waals surface area (Å²) in [6.45, 7) is 1.93. The number of carbonyl (C=O) groups excluding carboxylic acids is 2. The summed E-state index contributed by atoms with van der Waals surface area (Å²) in [6, 6.07) is 7.07. The third-order valence-electron chi connectivity index (χ3n) is 2.41. The molecule has 0 aliphatic carbocycles. The summed E-state index contributed by atoms with van der Waals surface area (Å²) >= 11 is 1.37. The highest BCUT2D eigenvalue weighted by Gasteiger charge is 2.07. The standard InChI is InChI=1S/C13H13N3O2S/c1-9(17)15-8-10-2-4-11(5-3-10)12(18)16-13-14-6-7-19-13/h2-7H,8H2,1H3,(H,15,17)(H,14,16,18). The fourth-order valence-electron chi connectivity index (χ4n) is 1.45. The Labute approximate surface area is 114 Å². The summed E-state index contributed by atoms with van der Waals surface area (Å²) in [6.07, 6.45) is 1.64. The maximum Gasteiger partial charge on any atom is 0.257 e. The second kappa shape index (κ2) is 6.10. The minimum Gasteiger partial charge on any atom is -0.352 e. The zero-order chi connectivity index (χ0) is 13.7. The predicted molar refractivity (Wildman–Crippen MR) is 74.0 cm³/mol. The van der Waals surface area contributed by atoms with Gasteiger partial charge in [0.2, 0.25) is 5.91 Å². The van der Waals surface area contributed by atoms with Crippen molar-refractivity contribution >= 4 is 28.3 Å². The van der Waals surface area contributed by atoms with E-state index in [1.165, 1.54) is 18.3 Å². The first-order valence-electron chi connectivity index (χ1n) is 5.69. The zero-order valence-corrected chi connectivity index (χ0v) is 11.2. The van der Waals surface area contributed by atoms with Gasteiger partial charge in [-0.2, -0.15) is 0 Å². The molecule has 2 rings (SSSR count). The number of anilines is 1. The molecule has 1 heterocycles. The zero-order valence-electron chi connectivity index (χ0n) is 10.3. The Kier molecular flexibility index (Phi) is 4.25. The molecule has 2 aromatic rings. The minimum absolute atomic E-state index is 0.0782. The number of nitrogens with one attached hydrogen (secondary N) is 2. The van der Waals surface area contributed by atoms with Gasteiger partial charge in [0.25, 0.3) is 5.91 Å². The van der Waals surface area contributed by atoms with Crippen LogP contribution in [0.3, 0.4) is 0 Å². The number of hydrogen-bond donors (Lipinski definition) is 2. The lowest BCUT2D eigenvalue weighted by Crippen LogP contribution is -2.19. The van der Waals surface area contributed by atoms with Crippen LogP contribution in [-0.2, 0) is 11.3 Å². The summed E-state index contributed by atoms with van der Waals surface area (Å²) in [5.41, 5.74) is 1.50. The van der Waals surface area contributed by atoms with Crippen molar-refractivity contribution in [2.45, 2.75) is 13.5 Å². The molecular weight excluding hydrogens is 262 g/mol. The van der Waals surface area contributed by atoms with Gasteiger partial charge in [-0.05, 0) is 17.7 Å². The van der Waals surface area contributed by atoms with E-state index in [9.17, 15) is 9.59 Å². The minimum atomic E-state index is -0.193. The third kappa shape index (κ3) is 3.89. The normalized spacial score (nSPS) is 9.95. The third-order valence-corrected chi connectivity index (χ3v) is 3.10. The number of thiazole rings is 1. The molecule has 1 aromatic carbocycles. The maximum absolute atomic E-state index is 11.9. The molecule has 0 atom stereocenters. The van der Waals surface area contributed by atoms with E-state index in [-0.39, 0.29) is 11.8 Å². The van der Waals surface area contributed by atoms with Crippen LogP contribution in [0.4, 0.5) is 5.13 Å². The molecule has 0 bridgehead atoms. The second-order valence-electron chi connectivity index (χ2n) is 3.90. The van der Waals surface area contributed by atoms with Gasteiger partial charge in [0.15, 0.2) is 5.13 Å². The molecule has 0 radical (unpaired) electrons. The van der Waals surface area contributed by atoms with Crippen LogP contribution in [0.1, 0.15) is 22.8 Å². The van der Waals surface area contributed by atoms with Crippen molar-refractivity contribution in [3.8, 4) is 0 Å². The molecule has 0 fully saturated rings. The summed E-state index contributed by atoms with van der Waals surface area (Å²) < 4.78 is 0. The highest BCUT2D eigenvalue weighted by Crippen LogP contribution is 2.12. The van der Waals surface area contributed by atoms with Crippen molar-refractivity contribution in [2.75, 3.05) is 5.32 Å². The van der Waals surface area contributed by atoms with Crippen molar-refractivity contribution in [3.63, 3.8) is 0 Å². The van der Waals surface area contributed by atoms with E-state index in [4.69, 9.17) is 0 Å². The maximum atomic E-state index is 11.9. The first-order valence-corrected chi connectivity index (χ1v) is 6.57. The van der Waals surface area contributed by atoms with Gasteiger partial charge in [-0.1, -0.05) is 12.1 Å². The molecule has 2 N–H and O–H groups in total. The van der Waals surface area contributed by atoms with Crippen LogP contribution in [0.15, 0.2) is 35.8 Å². The van der Waals surface area contributed by atoms with E-state index < -0.39 is 0 Å². The smallest absolute Gasteiger partial charge is 0.257 e. The molecule has 0 aliphatic rings. The highest BCUT2D eigenvalue weighted by molar-refractivity contribution is 7.13. The number of rotatable bonds is 4. The Morgan fingerprint density at radius 1 is 1.26 bits per heavy atom. The van der Waals surface area contributed by atoms with Crippen molar-refractivity contribution < 1.29 is 9.59 Å². The van der Waals surface area contributed by atoms with Gasteiger partial charge in [-0.3, -0.25) is 14.9 Å². The van der Waals surface area contributed by atoms with Crippen molar-refractivity contribution in [2.24, 2.45) is 0 Å². The van der Waals surface area contributed by atoms with Crippen LogP contribution in [-0.4, -0.2) is 16.8 Å². The molecule has 0 aliphatic heterocycles. The van der Waals surface area contributed by atoms with E-state index in [0.29, 0.717) is 17.2 Å². The van der Waals surface area contributed by atoms with E-state index in [1.54, 1.807) is 23.7 Å². The van der Waals surface area contributed by atoms with Crippen molar-refractivity contribution in [1.82, 2.24) is 10.3 Å². The van der Waals surface area contributed by atoms with Gasteiger partial charge < -0.3 is 5.32 Å². The summed E-state index contributed by atoms with van der Waals surface area (Å²) in [7, 11) is 0. The van der Waals surface area contributed by atoms with E-state index in [0.717, 1.165) is 5.56 Å². The van der Waals surface area contributed by atoms with Gasteiger partial charge in [0, 0.05) is 30.6 Å². The van der Waals surface area contributed by atoms with Gasteiger partial charge in [-0.15, -0.1) is 11.3 Å². The fourth-order valence-corrected chi connectivity index (χ4v) is 1.98. The Morgan fingerprint density at radius 2 is 2.00 bits per heavy atom. The first-order chi connectivity index (χ1) is 9.15. The van der Waals surface area contributed by atoms with E-state index in [2.05, 4.69) is 15.6 Å². The average Bonchev–Trinajstić information content (AvgIpc) is 2.89. The van der Waals surface area contributed by atoms with Crippen LogP contribution in [0.25, 0.3) is 0 Å². The van der Waals surface area contributed by atoms with Crippen LogP contribution in [0, 0.1) is 0 Å². The average molecular weight is 275 g/mol. The molecule has 5 nitrogen and oxygen atoms in total. The molecule has 2 amide bonds. The molecule has 0 spiro atoms. The number of amides is 2. The molecule has 19 heavy (non-hydrogen) atoms. The Balaban J connectivity index is 1.97. The second-order valence-corrected chi connectivity index (χ2v) is 4.79. The lowest BCUT2D eigenvalue weighted by atomic mass is 10.1. The SMILES string of the molecule is CC(=O)NCc1ccc(C(=O)Nc2nccs2)cc1. The van der Waals surface area contributed by atoms with Crippen LogP contribution >= 0.6 is 11.3 Å². The molecule has 98 valence electrons. The quantitative estimate of drug-likeness (QED) is 0.897. The topological polar surface area (TPSA) is 71.1 Å². The van der Waals surface area contributed by atoms with Crippen molar-refractivity contribution in [1.29, 1.82) is 0 Å². The lowest BCUT2D eigenvalue weighted by molar-refractivity contribution is -0.119. The van der Waals surface area contributed by atoms with Gasteiger partial charge >= 0.3 is 0 Å². The molecule has 0 saturated carbocycles. The first kappa shape index (κ1) is 13.2. The van der Waals surface area contributed by atoms with E-state index >= 15 is 0 Å². The largest absolute Gasteiger partial charge is 0.352 e. The van der Waals surface area contributed by atoms with Gasteiger partial charge in [0.05, 0.1) is 0 Å². The Hall–Kier alpha value is -2.21. The molecular formula is C13H13N3O2S. The number of aromatic nitrogens is 1.